The van der Waals surface area contributed by atoms with E-state index in [4.69, 9.17) is 0 Å². The van der Waals surface area contributed by atoms with Gasteiger partial charge in [0.05, 0.1) is 0 Å². The Labute approximate surface area is 133 Å². The van der Waals surface area contributed by atoms with Crippen molar-refractivity contribution in [3.05, 3.63) is 35.4 Å². The normalized spacial score (nSPS) is 42.3. The Balaban J connectivity index is 1.73. The number of halogens is 3. The van der Waals surface area contributed by atoms with Crippen molar-refractivity contribution >= 4 is 15.9 Å². The lowest BCUT2D eigenvalue weighted by molar-refractivity contribution is -0.102. The molecule has 1 aromatic rings. The van der Waals surface area contributed by atoms with Crippen LogP contribution in [0, 0.1) is 34.3 Å². The van der Waals surface area contributed by atoms with E-state index >= 15 is 0 Å². The first-order chi connectivity index (χ1) is 9.89. The third kappa shape index (κ3) is 2.18. The van der Waals surface area contributed by atoms with Crippen LogP contribution in [0.15, 0.2) is 18.2 Å². The fourth-order valence-electron chi connectivity index (χ4n) is 6.13. The van der Waals surface area contributed by atoms with Crippen LogP contribution in [0.4, 0.5) is 8.78 Å². The van der Waals surface area contributed by atoms with Gasteiger partial charge in [0.2, 0.25) is 0 Å². The van der Waals surface area contributed by atoms with Crippen LogP contribution in [0.25, 0.3) is 0 Å². The van der Waals surface area contributed by atoms with E-state index in [2.05, 4.69) is 22.9 Å². The van der Waals surface area contributed by atoms with Crippen LogP contribution in [0.1, 0.15) is 55.8 Å². The zero-order valence-corrected chi connectivity index (χ0v) is 13.9. The molecule has 3 unspecified atom stereocenters. The first kappa shape index (κ1) is 14.2. The molecular weight excluding hydrogens is 334 g/mol. The van der Waals surface area contributed by atoms with Crippen LogP contribution in [-0.2, 0) is 0 Å². The number of hydrogen-bond acceptors (Lipinski definition) is 0. The largest absolute Gasteiger partial charge is 0.207 e. The molecule has 0 heterocycles. The van der Waals surface area contributed by atoms with Gasteiger partial charge in [-0.15, -0.1) is 0 Å². The van der Waals surface area contributed by atoms with Crippen LogP contribution in [0.2, 0.25) is 0 Å². The van der Waals surface area contributed by atoms with Crippen molar-refractivity contribution in [2.45, 2.75) is 50.3 Å². The van der Waals surface area contributed by atoms with E-state index < -0.39 is 0 Å². The molecule has 0 radical (unpaired) electrons. The summed E-state index contributed by atoms with van der Waals surface area (Å²) in [4.78, 5) is -0.0640. The topological polar surface area (TPSA) is 0 Å². The first-order valence-corrected chi connectivity index (χ1v) is 8.90. The Kier molecular flexibility index (Phi) is 3.06. The molecule has 21 heavy (non-hydrogen) atoms. The maximum Gasteiger partial charge on any atom is 0.127 e. The average molecular weight is 355 g/mol. The summed E-state index contributed by atoms with van der Waals surface area (Å²) in [7, 11) is 0. The Hall–Kier alpha value is -0.440. The molecule has 0 aromatic heterocycles. The second-order valence-electron chi connectivity index (χ2n) is 8.16. The average Bonchev–Trinajstić information content (AvgIpc) is 2.38. The van der Waals surface area contributed by atoms with Crippen molar-refractivity contribution < 1.29 is 8.78 Å². The zero-order valence-electron chi connectivity index (χ0n) is 12.3. The maximum absolute atomic E-state index is 14.2. The molecule has 4 fully saturated rings. The molecule has 0 saturated heterocycles. The summed E-state index contributed by atoms with van der Waals surface area (Å²) >= 11 is 3.78. The minimum absolute atomic E-state index is 0.0640. The molecule has 1 aromatic carbocycles. The molecule has 0 spiro atoms. The highest BCUT2D eigenvalue weighted by Crippen LogP contribution is 2.69. The molecule has 3 heteroatoms. The summed E-state index contributed by atoms with van der Waals surface area (Å²) in [5.41, 5.74) is 1.05. The molecule has 0 nitrogen and oxygen atoms in total. The summed E-state index contributed by atoms with van der Waals surface area (Å²) in [5.74, 6) is 0.951. The van der Waals surface area contributed by atoms with Crippen molar-refractivity contribution in [1.29, 1.82) is 0 Å². The van der Waals surface area contributed by atoms with E-state index in [0.29, 0.717) is 11.0 Å². The zero-order chi connectivity index (χ0) is 14.8. The number of rotatable bonds is 2. The summed E-state index contributed by atoms with van der Waals surface area (Å²) in [6.45, 7) is 2.40. The highest BCUT2D eigenvalue weighted by molar-refractivity contribution is 9.09. The quantitative estimate of drug-likeness (QED) is 0.570. The van der Waals surface area contributed by atoms with Gasteiger partial charge in [-0.3, -0.25) is 0 Å². The van der Waals surface area contributed by atoms with Crippen LogP contribution in [-0.4, -0.2) is 0 Å². The SMILES string of the molecule is CC12CC3CC(C1)CC(C(Br)c1cc(F)ccc1F)(C3)C2. The molecule has 5 rings (SSSR count). The lowest BCUT2D eigenvalue weighted by Crippen LogP contribution is -2.52. The Morgan fingerprint density at radius 2 is 1.81 bits per heavy atom. The Morgan fingerprint density at radius 3 is 2.43 bits per heavy atom. The number of benzene rings is 1. The van der Waals surface area contributed by atoms with Gasteiger partial charge in [-0.05, 0) is 79.4 Å². The van der Waals surface area contributed by atoms with E-state index in [1.165, 1.54) is 50.3 Å². The predicted molar refractivity (Wildman–Crippen MR) is 83.2 cm³/mol. The van der Waals surface area contributed by atoms with Crippen molar-refractivity contribution in [2.24, 2.45) is 22.7 Å². The first-order valence-electron chi connectivity index (χ1n) is 7.98. The van der Waals surface area contributed by atoms with Crippen LogP contribution < -0.4 is 0 Å². The second kappa shape index (κ2) is 4.53. The molecule has 114 valence electrons. The molecule has 4 saturated carbocycles. The van der Waals surface area contributed by atoms with Crippen LogP contribution in [0.3, 0.4) is 0 Å². The maximum atomic E-state index is 14.2. The fraction of sp³-hybridized carbons (Fsp3) is 0.667. The lowest BCUT2D eigenvalue weighted by atomic mass is 9.44. The van der Waals surface area contributed by atoms with E-state index in [1.54, 1.807) is 0 Å². The van der Waals surface area contributed by atoms with Gasteiger partial charge in [-0.1, -0.05) is 22.9 Å². The molecule has 4 aliphatic carbocycles. The van der Waals surface area contributed by atoms with Crippen LogP contribution >= 0.6 is 15.9 Å². The van der Waals surface area contributed by atoms with Gasteiger partial charge in [0.25, 0.3) is 0 Å². The Morgan fingerprint density at radius 1 is 1.14 bits per heavy atom. The van der Waals surface area contributed by atoms with Gasteiger partial charge in [0, 0.05) is 10.4 Å². The van der Waals surface area contributed by atoms with Crippen molar-refractivity contribution in [2.75, 3.05) is 0 Å². The van der Waals surface area contributed by atoms with Gasteiger partial charge in [-0.25, -0.2) is 8.78 Å². The van der Waals surface area contributed by atoms with Crippen molar-refractivity contribution in [3.63, 3.8) is 0 Å². The molecule has 4 aliphatic rings. The van der Waals surface area contributed by atoms with E-state index in [0.717, 1.165) is 18.3 Å². The molecule has 0 amide bonds. The van der Waals surface area contributed by atoms with E-state index in [1.807, 2.05) is 0 Å². The molecule has 0 aliphatic heterocycles. The van der Waals surface area contributed by atoms with Gasteiger partial charge >= 0.3 is 0 Å². The van der Waals surface area contributed by atoms with Crippen molar-refractivity contribution in [3.8, 4) is 0 Å². The van der Waals surface area contributed by atoms with Gasteiger partial charge in [0.1, 0.15) is 11.6 Å². The third-order valence-electron chi connectivity index (χ3n) is 6.17. The molecule has 0 N–H and O–H groups in total. The second-order valence-corrected chi connectivity index (χ2v) is 9.08. The minimum Gasteiger partial charge on any atom is -0.207 e. The van der Waals surface area contributed by atoms with E-state index in [9.17, 15) is 8.78 Å². The predicted octanol–water partition coefficient (Wildman–Crippen LogP) is 6.01. The molecule has 3 atom stereocenters. The van der Waals surface area contributed by atoms with Crippen molar-refractivity contribution in [1.82, 2.24) is 0 Å². The number of hydrogen-bond donors (Lipinski definition) is 0. The monoisotopic (exact) mass is 354 g/mol. The fourth-order valence-corrected chi connectivity index (χ4v) is 7.02. The summed E-state index contributed by atoms with van der Waals surface area (Å²) in [6, 6.07) is 3.86. The molecular formula is C18H21BrF2. The van der Waals surface area contributed by atoms with Gasteiger partial charge in [-0.2, -0.15) is 0 Å². The highest BCUT2D eigenvalue weighted by Gasteiger charge is 2.58. The summed E-state index contributed by atoms with van der Waals surface area (Å²) in [6.07, 6.45) is 7.50. The lowest BCUT2D eigenvalue weighted by Gasteiger charge is -2.63. The van der Waals surface area contributed by atoms with Gasteiger partial charge in [0.15, 0.2) is 0 Å². The number of alkyl halides is 1. The highest BCUT2D eigenvalue weighted by atomic mass is 79.9. The minimum atomic E-state index is -0.341. The van der Waals surface area contributed by atoms with Crippen LogP contribution in [0.5, 0.6) is 0 Å². The van der Waals surface area contributed by atoms with Gasteiger partial charge < -0.3 is 0 Å². The Bertz CT molecular complexity index is 569. The van der Waals surface area contributed by atoms with E-state index in [-0.39, 0.29) is 21.9 Å². The smallest absolute Gasteiger partial charge is 0.127 e. The molecule has 4 bridgehead atoms. The summed E-state index contributed by atoms with van der Waals surface area (Å²) in [5, 5.41) is 0. The summed E-state index contributed by atoms with van der Waals surface area (Å²) < 4.78 is 27.8. The third-order valence-corrected chi connectivity index (χ3v) is 7.63. The standard InChI is InChI=1S/C18H21BrF2/c1-17-6-11-4-12(7-17)9-18(8-11,10-17)16(19)14-5-13(20)2-3-15(14)21/h2-3,5,11-12,16H,4,6-10H2,1H3.